The molecule has 4 atom stereocenters. The van der Waals surface area contributed by atoms with Gasteiger partial charge in [0, 0.05) is 11.6 Å². The van der Waals surface area contributed by atoms with Crippen molar-refractivity contribution in [2.75, 3.05) is 13.7 Å². The van der Waals surface area contributed by atoms with Crippen molar-refractivity contribution in [3.63, 3.8) is 0 Å². The lowest BCUT2D eigenvalue weighted by Gasteiger charge is -2.18. The average Bonchev–Trinajstić information content (AvgIpc) is 2.81. The van der Waals surface area contributed by atoms with Gasteiger partial charge in [0.15, 0.2) is 0 Å². The molecule has 1 aliphatic rings. The molecule has 0 amide bonds. The second kappa shape index (κ2) is 7.37. The van der Waals surface area contributed by atoms with E-state index in [1.807, 2.05) is 0 Å². The Bertz CT molecular complexity index is 542. The molecular weight excluding hydrogens is 292 g/mol. The molecule has 3 N–H and O–H groups in total. The van der Waals surface area contributed by atoms with Crippen molar-refractivity contribution in [3.8, 4) is 5.75 Å². The summed E-state index contributed by atoms with van der Waals surface area (Å²) in [5, 5.41) is 28.6. The molecule has 0 aromatic heterocycles. The summed E-state index contributed by atoms with van der Waals surface area (Å²) in [5.41, 5.74) is 0.575. The number of para-hydroxylation sites is 1. The monoisotopic (exact) mass is 310 g/mol. The average molecular weight is 310 g/mol. The molecule has 0 saturated carbocycles. The lowest BCUT2D eigenvalue weighted by molar-refractivity contribution is -0.134. The van der Waals surface area contributed by atoms with Gasteiger partial charge in [-0.3, -0.25) is 0 Å². The van der Waals surface area contributed by atoms with Crippen LogP contribution in [0, 0.1) is 0 Å². The van der Waals surface area contributed by atoms with Crippen LogP contribution in [0.15, 0.2) is 30.3 Å². The Hall–Kier alpha value is -1.93. The number of carbonyl (C=O) groups is 1. The Morgan fingerprint density at radius 1 is 1.32 bits per heavy atom. The first-order valence-electron chi connectivity index (χ1n) is 6.71. The van der Waals surface area contributed by atoms with E-state index < -0.39 is 37.2 Å². The van der Waals surface area contributed by atoms with E-state index in [-0.39, 0.29) is 0 Å². The van der Waals surface area contributed by atoms with Gasteiger partial charge >= 0.3 is 5.97 Å². The van der Waals surface area contributed by atoms with Gasteiger partial charge in [-0.2, -0.15) is 0 Å². The smallest absolute Gasteiger partial charge is 0.330 e. The first-order valence-corrected chi connectivity index (χ1v) is 6.71. The van der Waals surface area contributed by atoms with Crippen LogP contribution in [0.3, 0.4) is 0 Å². The maximum absolute atomic E-state index is 11.1. The Morgan fingerprint density at radius 3 is 2.68 bits per heavy atom. The largest absolute Gasteiger partial charge is 0.466 e. The minimum absolute atomic E-state index is 0.359. The summed E-state index contributed by atoms with van der Waals surface area (Å²) in [5.74, 6) is -0.153. The van der Waals surface area contributed by atoms with Crippen molar-refractivity contribution in [3.05, 3.63) is 35.9 Å². The maximum Gasteiger partial charge on any atom is 0.330 e. The first kappa shape index (κ1) is 16.4. The number of carbonyl (C=O) groups excluding carboxylic acids is 1. The van der Waals surface area contributed by atoms with E-state index >= 15 is 0 Å². The summed E-state index contributed by atoms with van der Waals surface area (Å²) < 4.78 is 15.3. The highest BCUT2D eigenvalue weighted by Gasteiger charge is 2.44. The Balaban J connectivity index is 2.13. The van der Waals surface area contributed by atoms with Crippen LogP contribution in [0.5, 0.6) is 5.75 Å². The third-order valence-electron chi connectivity index (χ3n) is 3.26. The van der Waals surface area contributed by atoms with E-state index in [1.54, 1.807) is 24.3 Å². The highest BCUT2D eigenvalue weighted by molar-refractivity contribution is 5.87. The Kier molecular flexibility index (Phi) is 5.51. The normalized spacial score (nSPS) is 28.0. The van der Waals surface area contributed by atoms with Crippen molar-refractivity contribution < 1.29 is 34.3 Å². The molecule has 1 aromatic rings. The van der Waals surface area contributed by atoms with Crippen LogP contribution >= 0.6 is 0 Å². The Labute approximate surface area is 127 Å². The summed E-state index contributed by atoms with van der Waals surface area (Å²) >= 11 is 0. The summed E-state index contributed by atoms with van der Waals surface area (Å²) in [4.78, 5) is 11.1. The van der Waals surface area contributed by atoms with Gasteiger partial charge in [0.1, 0.15) is 24.1 Å². The van der Waals surface area contributed by atoms with E-state index in [0.717, 1.165) is 0 Å². The maximum atomic E-state index is 11.1. The molecule has 1 fully saturated rings. The van der Waals surface area contributed by atoms with E-state index in [4.69, 9.17) is 14.6 Å². The number of aliphatic hydroxyl groups is 3. The lowest BCUT2D eigenvalue weighted by Crippen LogP contribution is -2.35. The summed E-state index contributed by atoms with van der Waals surface area (Å²) in [6.45, 7) is -0.429. The number of benzene rings is 1. The van der Waals surface area contributed by atoms with Crippen LogP contribution in [0.25, 0.3) is 6.08 Å². The van der Waals surface area contributed by atoms with Crippen molar-refractivity contribution in [1.29, 1.82) is 0 Å². The highest BCUT2D eigenvalue weighted by Crippen LogP contribution is 2.27. The molecule has 7 heteroatoms. The van der Waals surface area contributed by atoms with Crippen molar-refractivity contribution >= 4 is 12.0 Å². The predicted molar refractivity (Wildman–Crippen MR) is 75.9 cm³/mol. The molecule has 120 valence electrons. The quantitative estimate of drug-likeness (QED) is 0.506. The van der Waals surface area contributed by atoms with Crippen LogP contribution in [0.4, 0.5) is 0 Å². The Morgan fingerprint density at radius 2 is 2.05 bits per heavy atom. The van der Waals surface area contributed by atoms with Crippen LogP contribution in [-0.4, -0.2) is 59.6 Å². The van der Waals surface area contributed by atoms with Gasteiger partial charge in [-0.15, -0.1) is 0 Å². The van der Waals surface area contributed by atoms with Crippen LogP contribution in [0.1, 0.15) is 5.56 Å². The summed E-state index contributed by atoms with van der Waals surface area (Å²) in [7, 11) is 1.27. The molecule has 0 aliphatic carbocycles. The minimum Gasteiger partial charge on any atom is -0.466 e. The van der Waals surface area contributed by atoms with E-state index in [1.165, 1.54) is 19.3 Å². The third kappa shape index (κ3) is 3.63. The second-order valence-electron chi connectivity index (χ2n) is 4.72. The molecular formula is C15H18O7. The van der Waals surface area contributed by atoms with Crippen molar-refractivity contribution in [2.24, 2.45) is 0 Å². The number of methoxy groups -OCH3 is 1. The van der Waals surface area contributed by atoms with Crippen LogP contribution in [-0.2, 0) is 14.3 Å². The van der Waals surface area contributed by atoms with E-state index in [9.17, 15) is 15.0 Å². The molecule has 1 aliphatic heterocycles. The molecule has 22 heavy (non-hydrogen) atoms. The fourth-order valence-corrected chi connectivity index (χ4v) is 2.04. The molecule has 2 rings (SSSR count). The SMILES string of the molecule is COC(=O)C=Cc1ccccc1OC1OC(CO)C(O)C1O. The molecule has 1 aromatic carbocycles. The first-order chi connectivity index (χ1) is 10.6. The van der Waals surface area contributed by atoms with Gasteiger partial charge in [0.05, 0.1) is 13.7 Å². The minimum atomic E-state index is -1.28. The zero-order valence-electron chi connectivity index (χ0n) is 12.0. The van der Waals surface area contributed by atoms with Crippen LogP contribution in [0.2, 0.25) is 0 Å². The zero-order valence-corrected chi connectivity index (χ0v) is 12.0. The standard InChI is InChI=1S/C15H18O7/c1-20-12(17)7-6-9-4-2-3-5-10(9)21-15-14(19)13(18)11(8-16)22-15/h2-7,11,13-16,18-19H,8H2,1H3. The van der Waals surface area contributed by atoms with Gasteiger partial charge in [-0.25, -0.2) is 4.79 Å². The number of hydrogen-bond acceptors (Lipinski definition) is 7. The summed E-state index contributed by atoms with van der Waals surface area (Å²) in [6, 6.07) is 6.80. The number of esters is 1. The topological polar surface area (TPSA) is 105 Å². The number of ether oxygens (including phenoxy) is 3. The highest BCUT2D eigenvalue weighted by atomic mass is 16.7. The van der Waals surface area contributed by atoms with Gasteiger partial charge < -0.3 is 29.5 Å². The van der Waals surface area contributed by atoms with E-state index in [0.29, 0.717) is 11.3 Å². The van der Waals surface area contributed by atoms with Crippen molar-refractivity contribution in [2.45, 2.75) is 24.6 Å². The molecule has 1 heterocycles. The third-order valence-corrected chi connectivity index (χ3v) is 3.26. The zero-order chi connectivity index (χ0) is 16.1. The number of hydrogen-bond donors (Lipinski definition) is 3. The predicted octanol–water partition coefficient (Wildman–Crippen LogP) is -0.309. The van der Waals surface area contributed by atoms with Crippen molar-refractivity contribution in [1.82, 2.24) is 0 Å². The summed E-state index contributed by atoms with van der Waals surface area (Å²) in [6.07, 6.45) is -1.79. The van der Waals surface area contributed by atoms with Crippen LogP contribution < -0.4 is 4.74 Å². The van der Waals surface area contributed by atoms with Gasteiger partial charge in [-0.05, 0) is 12.1 Å². The lowest BCUT2D eigenvalue weighted by atomic mass is 10.1. The molecule has 7 nitrogen and oxygen atoms in total. The fourth-order valence-electron chi connectivity index (χ4n) is 2.04. The number of rotatable bonds is 5. The fraction of sp³-hybridized carbons (Fsp3) is 0.400. The molecule has 1 saturated heterocycles. The van der Waals surface area contributed by atoms with Gasteiger partial charge in [-0.1, -0.05) is 18.2 Å². The molecule has 0 bridgehead atoms. The molecule has 0 spiro atoms. The van der Waals surface area contributed by atoms with Gasteiger partial charge in [0.25, 0.3) is 0 Å². The molecule has 4 unspecified atom stereocenters. The molecule has 0 radical (unpaired) electrons. The van der Waals surface area contributed by atoms with Gasteiger partial charge in [0.2, 0.25) is 6.29 Å². The number of aliphatic hydroxyl groups excluding tert-OH is 3. The van der Waals surface area contributed by atoms with E-state index in [2.05, 4.69) is 4.74 Å². The second-order valence-corrected chi connectivity index (χ2v) is 4.72.